The van der Waals surface area contributed by atoms with Crippen molar-refractivity contribution >= 4 is 5.97 Å². The summed E-state index contributed by atoms with van der Waals surface area (Å²) in [5.41, 5.74) is 0.297. The molecule has 0 heterocycles. The summed E-state index contributed by atoms with van der Waals surface area (Å²) in [4.78, 5) is 11.4. The van der Waals surface area contributed by atoms with Crippen LogP contribution < -0.4 is 10.1 Å². The summed E-state index contributed by atoms with van der Waals surface area (Å²) in [6.45, 7) is 10.2. The number of hydrogen-bond donors (Lipinski definition) is 2. The summed E-state index contributed by atoms with van der Waals surface area (Å²) < 4.78 is 5.66. The Morgan fingerprint density at radius 2 is 1.81 bits per heavy atom. The number of aliphatic carboxylic acids is 1. The highest BCUT2D eigenvalue weighted by Gasteiger charge is 2.33. The van der Waals surface area contributed by atoms with E-state index in [1.807, 2.05) is 38.1 Å². The Balaban J connectivity index is 2.56. The van der Waals surface area contributed by atoms with Crippen LogP contribution in [0, 0.1) is 0 Å². The Kier molecular flexibility index (Phi) is 6.21. The van der Waals surface area contributed by atoms with E-state index in [2.05, 4.69) is 19.2 Å². The largest absolute Gasteiger partial charge is 0.494 e. The molecule has 1 aromatic carbocycles. The maximum Gasteiger partial charge on any atom is 0.323 e. The van der Waals surface area contributed by atoms with Crippen molar-refractivity contribution in [1.29, 1.82) is 0 Å². The molecule has 0 radical (unpaired) electrons. The van der Waals surface area contributed by atoms with E-state index in [1.54, 1.807) is 6.92 Å². The summed E-state index contributed by atoms with van der Waals surface area (Å²) in [6.07, 6.45) is 0.409. The van der Waals surface area contributed by atoms with Crippen molar-refractivity contribution in [3.8, 4) is 5.75 Å². The van der Waals surface area contributed by atoms with Gasteiger partial charge in [0.05, 0.1) is 6.61 Å². The number of carboxylic acid groups (broad SMARTS) is 1. The first kappa shape index (κ1) is 17.5. The van der Waals surface area contributed by atoms with Crippen molar-refractivity contribution < 1.29 is 14.6 Å². The lowest BCUT2D eigenvalue weighted by molar-refractivity contribution is -0.145. The molecule has 0 bridgehead atoms. The molecule has 0 aliphatic rings. The number of carbonyl (C=O) groups is 1. The van der Waals surface area contributed by atoms with Crippen LogP contribution in [0.15, 0.2) is 24.3 Å². The first-order valence-corrected chi connectivity index (χ1v) is 7.48. The van der Waals surface area contributed by atoms with E-state index in [-0.39, 0.29) is 6.04 Å². The molecule has 118 valence electrons. The van der Waals surface area contributed by atoms with Gasteiger partial charge in [-0.15, -0.1) is 0 Å². The van der Waals surface area contributed by atoms with Crippen LogP contribution in [0.5, 0.6) is 5.75 Å². The van der Waals surface area contributed by atoms with Crippen LogP contribution in [0.4, 0.5) is 0 Å². The second-order valence-corrected chi connectivity index (χ2v) is 6.26. The van der Waals surface area contributed by atoms with Gasteiger partial charge in [0.25, 0.3) is 0 Å². The van der Waals surface area contributed by atoms with Gasteiger partial charge in [-0.25, -0.2) is 0 Å². The highest BCUT2D eigenvalue weighted by atomic mass is 16.5. The van der Waals surface area contributed by atoms with Crippen LogP contribution in [0.25, 0.3) is 0 Å². The van der Waals surface area contributed by atoms with Gasteiger partial charge in [0, 0.05) is 12.5 Å². The third kappa shape index (κ3) is 5.38. The van der Waals surface area contributed by atoms with Crippen LogP contribution in [-0.4, -0.2) is 29.3 Å². The molecular weight excluding hydrogens is 266 g/mol. The third-order valence-corrected chi connectivity index (χ3v) is 3.50. The van der Waals surface area contributed by atoms with E-state index in [0.29, 0.717) is 18.9 Å². The topological polar surface area (TPSA) is 58.6 Å². The van der Waals surface area contributed by atoms with Crippen molar-refractivity contribution in [2.75, 3.05) is 6.61 Å². The van der Waals surface area contributed by atoms with E-state index < -0.39 is 11.5 Å². The van der Waals surface area contributed by atoms with Gasteiger partial charge in [0.15, 0.2) is 0 Å². The van der Waals surface area contributed by atoms with Gasteiger partial charge in [0.1, 0.15) is 11.3 Å². The average Bonchev–Trinajstić information content (AvgIpc) is 2.38. The second kappa shape index (κ2) is 7.46. The van der Waals surface area contributed by atoms with Gasteiger partial charge in [-0.1, -0.05) is 26.0 Å². The van der Waals surface area contributed by atoms with Crippen molar-refractivity contribution in [3.63, 3.8) is 0 Å². The number of nitrogens with one attached hydrogen (secondary N) is 1. The van der Waals surface area contributed by atoms with Gasteiger partial charge in [0.2, 0.25) is 0 Å². The van der Waals surface area contributed by atoms with Crippen LogP contribution in [0.2, 0.25) is 0 Å². The van der Waals surface area contributed by atoms with Crippen LogP contribution in [-0.2, 0) is 4.79 Å². The normalized spacial score (nSPS) is 14.2. The lowest BCUT2D eigenvalue weighted by Gasteiger charge is -2.28. The minimum absolute atomic E-state index is 0.108. The number of rotatable bonds is 8. The van der Waals surface area contributed by atoms with Crippen molar-refractivity contribution in [2.24, 2.45) is 0 Å². The molecule has 1 unspecified atom stereocenters. The summed E-state index contributed by atoms with van der Waals surface area (Å²) in [7, 11) is 0. The molecule has 1 atom stereocenters. The zero-order chi connectivity index (χ0) is 16.0. The summed E-state index contributed by atoms with van der Waals surface area (Å²) in [5.74, 6) is 0.413. The minimum Gasteiger partial charge on any atom is -0.494 e. The van der Waals surface area contributed by atoms with Gasteiger partial charge in [-0.3, -0.25) is 10.1 Å². The highest BCUT2D eigenvalue weighted by molar-refractivity contribution is 5.78. The Morgan fingerprint density at radius 1 is 1.24 bits per heavy atom. The maximum absolute atomic E-state index is 11.4. The lowest BCUT2D eigenvalue weighted by atomic mass is 9.97. The quantitative estimate of drug-likeness (QED) is 0.771. The van der Waals surface area contributed by atoms with E-state index in [9.17, 15) is 9.90 Å². The number of benzene rings is 1. The molecule has 0 amide bonds. The Hall–Kier alpha value is -1.55. The fourth-order valence-corrected chi connectivity index (χ4v) is 2.20. The van der Waals surface area contributed by atoms with Crippen LogP contribution in [0.1, 0.15) is 52.5 Å². The lowest BCUT2D eigenvalue weighted by Crippen LogP contribution is -2.53. The van der Waals surface area contributed by atoms with E-state index in [0.717, 1.165) is 5.75 Å². The number of hydrogen-bond acceptors (Lipinski definition) is 3. The molecule has 21 heavy (non-hydrogen) atoms. The number of carboxylic acids is 1. The average molecular weight is 293 g/mol. The molecule has 0 aromatic heterocycles. The molecule has 0 aliphatic heterocycles. The zero-order valence-electron chi connectivity index (χ0n) is 13.6. The third-order valence-electron chi connectivity index (χ3n) is 3.50. The van der Waals surface area contributed by atoms with Gasteiger partial charge in [-0.05, 0) is 44.4 Å². The summed E-state index contributed by atoms with van der Waals surface area (Å²) in [5, 5.41) is 12.4. The molecule has 0 saturated heterocycles. The molecule has 0 saturated carbocycles. The molecule has 2 N–H and O–H groups in total. The molecule has 0 spiro atoms. The van der Waals surface area contributed by atoms with E-state index in [1.165, 1.54) is 5.56 Å². The van der Waals surface area contributed by atoms with Crippen LogP contribution >= 0.6 is 0 Å². The van der Waals surface area contributed by atoms with Gasteiger partial charge in [-0.2, -0.15) is 0 Å². The first-order chi connectivity index (χ1) is 9.74. The summed E-state index contributed by atoms with van der Waals surface area (Å²) >= 11 is 0. The summed E-state index contributed by atoms with van der Waals surface area (Å²) in [6, 6.07) is 8.06. The second-order valence-electron chi connectivity index (χ2n) is 6.26. The molecule has 4 heteroatoms. The van der Waals surface area contributed by atoms with Crippen molar-refractivity contribution in [3.05, 3.63) is 29.8 Å². The fraction of sp³-hybridized carbons (Fsp3) is 0.588. The smallest absolute Gasteiger partial charge is 0.323 e. The first-order valence-electron chi connectivity index (χ1n) is 7.48. The Labute approximate surface area is 127 Å². The number of ether oxygens (including phenoxy) is 1. The molecule has 4 nitrogen and oxygen atoms in total. The molecule has 0 fully saturated rings. The predicted octanol–water partition coefficient (Wildman–Crippen LogP) is 3.42. The van der Waals surface area contributed by atoms with Crippen LogP contribution in [0.3, 0.4) is 0 Å². The monoisotopic (exact) mass is 293 g/mol. The minimum atomic E-state index is -0.966. The molecule has 0 aliphatic carbocycles. The van der Waals surface area contributed by atoms with Gasteiger partial charge >= 0.3 is 5.97 Å². The molecule has 1 rings (SSSR count). The Bertz CT molecular complexity index is 454. The SMILES string of the molecule is CC(C)NC(C)(CCOc1ccc(C(C)C)cc1)C(=O)O. The predicted molar refractivity (Wildman–Crippen MR) is 85.0 cm³/mol. The van der Waals surface area contributed by atoms with E-state index in [4.69, 9.17) is 4.74 Å². The fourth-order valence-electron chi connectivity index (χ4n) is 2.20. The zero-order valence-corrected chi connectivity index (χ0v) is 13.6. The molecular formula is C17H27NO3. The Morgan fingerprint density at radius 3 is 2.24 bits per heavy atom. The highest BCUT2D eigenvalue weighted by Crippen LogP contribution is 2.19. The van der Waals surface area contributed by atoms with Gasteiger partial charge < -0.3 is 9.84 Å². The van der Waals surface area contributed by atoms with Crippen molar-refractivity contribution in [2.45, 2.75) is 58.5 Å². The standard InChI is InChI=1S/C17H27NO3/c1-12(2)14-6-8-15(9-7-14)21-11-10-17(5,16(19)20)18-13(3)4/h6-9,12-13,18H,10-11H2,1-5H3,(H,19,20). The molecule has 1 aromatic rings. The van der Waals surface area contributed by atoms with Crippen molar-refractivity contribution in [1.82, 2.24) is 5.32 Å². The van der Waals surface area contributed by atoms with E-state index >= 15 is 0 Å². The maximum atomic E-state index is 11.4.